The maximum absolute atomic E-state index is 8.82. The lowest BCUT2D eigenvalue weighted by atomic mass is 10.1. The number of nitrogens with two attached hydrogens (primary N) is 1. The smallest absolute Gasteiger partial charge is 0.0992 e. The molecule has 1 fully saturated rings. The fraction of sp³-hybridized carbons (Fsp3) is 0.357. The quantitative estimate of drug-likeness (QED) is 0.644. The van der Waals surface area contributed by atoms with Crippen molar-refractivity contribution in [2.24, 2.45) is 0 Å². The van der Waals surface area contributed by atoms with Crippen LogP contribution in [0.25, 0.3) is 0 Å². The van der Waals surface area contributed by atoms with Crippen molar-refractivity contribution in [1.29, 1.82) is 5.26 Å². The largest absolute Gasteiger partial charge is 0.397 e. The summed E-state index contributed by atoms with van der Waals surface area (Å²) in [4.78, 5) is 4.64. The van der Waals surface area contributed by atoms with Gasteiger partial charge in [0.2, 0.25) is 0 Å². The molecule has 0 unspecified atom stereocenters. The van der Waals surface area contributed by atoms with Crippen molar-refractivity contribution in [2.45, 2.75) is 0 Å². The van der Waals surface area contributed by atoms with Crippen LogP contribution in [-0.4, -0.2) is 37.6 Å². The van der Waals surface area contributed by atoms with E-state index in [-0.39, 0.29) is 0 Å². The molecule has 1 aromatic rings. The highest BCUT2D eigenvalue weighted by Crippen LogP contribution is 2.25. The van der Waals surface area contributed by atoms with Crippen molar-refractivity contribution in [3.05, 3.63) is 36.4 Å². The number of hydrogen-bond acceptors (Lipinski definition) is 4. The number of nitriles is 1. The van der Waals surface area contributed by atoms with E-state index >= 15 is 0 Å². The lowest BCUT2D eigenvalue weighted by molar-refractivity contribution is 0.284. The number of piperazine rings is 1. The first kappa shape index (κ1) is 12.5. The minimum atomic E-state index is 0.613. The van der Waals surface area contributed by atoms with Crippen LogP contribution >= 0.6 is 0 Å². The Hall–Kier alpha value is -1.99. The predicted molar refractivity (Wildman–Crippen MR) is 74.4 cm³/mol. The van der Waals surface area contributed by atoms with Gasteiger partial charge in [0, 0.05) is 32.7 Å². The minimum absolute atomic E-state index is 0.613. The van der Waals surface area contributed by atoms with Crippen molar-refractivity contribution < 1.29 is 0 Å². The third-order valence-corrected chi connectivity index (χ3v) is 3.26. The standard InChI is InChI=1S/C14H18N4/c1-2-5-17-6-8-18(9-7-17)14-4-3-12(11-15)10-13(14)16/h2-4,10H,1,5-9,16H2. The van der Waals surface area contributed by atoms with Crippen molar-refractivity contribution in [3.63, 3.8) is 0 Å². The summed E-state index contributed by atoms with van der Waals surface area (Å²) in [5.41, 5.74) is 8.33. The van der Waals surface area contributed by atoms with Crippen LogP contribution in [0, 0.1) is 11.3 Å². The van der Waals surface area contributed by atoms with Crippen LogP contribution in [0.1, 0.15) is 5.56 Å². The zero-order valence-electron chi connectivity index (χ0n) is 10.5. The molecule has 94 valence electrons. The van der Waals surface area contributed by atoms with Crippen LogP contribution in [0.4, 0.5) is 11.4 Å². The maximum atomic E-state index is 8.82. The van der Waals surface area contributed by atoms with Gasteiger partial charge in [-0.2, -0.15) is 5.26 Å². The molecule has 4 heteroatoms. The Bertz CT molecular complexity index is 467. The molecule has 0 saturated carbocycles. The van der Waals surface area contributed by atoms with Gasteiger partial charge >= 0.3 is 0 Å². The first-order valence-electron chi connectivity index (χ1n) is 6.12. The molecule has 1 aromatic carbocycles. The molecule has 0 spiro atoms. The van der Waals surface area contributed by atoms with Gasteiger partial charge in [-0.05, 0) is 18.2 Å². The molecular weight excluding hydrogens is 224 g/mol. The molecular formula is C14H18N4. The number of hydrogen-bond donors (Lipinski definition) is 1. The lowest BCUT2D eigenvalue weighted by Crippen LogP contribution is -2.46. The van der Waals surface area contributed by atoms with Gasteiger partial charge in [-0.1, -0.05) is 6.08 Å². The Kier molecular flexibility index (Phi) is 3.85. The molecule has 0 radical (unpaired) electrons. The van der Waals surface area contributed by atoms with E-state index in [1.807, 2.05) is 18.2 Å². The zero-order chi connectivity index (χ0) is 13.0. The van der Waals surface area contributed by atoms with Gasteiger partial charge in [-0.15, -0.1) is 6.58 Å². The van der Waals surface area contributed by atoms with E-state index in [4.69, 9.17) is 11.0 Å². The van der Waals surface area contributed by atoms with E-state index in [0.717, 1.165) is 38.4 Å². The third-order valence-electron chi connectivity index (χ3n) is 3.26. The summed E-state index contributed by atoms with van der Waals surface area (Å²) in [6, 6.07) is 7.61. The number of nitrogens with zero attached hydrogens (tertiary/aromatic N) is 3. The number of nitrogen functional groups attached to an aromatic ring is 1. The second-order valence-corrected chi connectivity index (χ2v) is 4.46. The summed E-state index contributed by atoms with van der Waals surface area (Å²) in [6.45, 7) is 8.66. The van der Waals surface area contributed by atoms with E-state index in [1.165, 1.54) is 0 Å². The van der Waals surface area contributed by atoms with Crippen LogP contribution in [0.3, 0.4) is 0 Å². The average molecular weight is 242 g/mol. The van der Waals surface area contributed by atoms with Crippen LogP contribution in [-0.2, 0) is 0 Å². The van der Waals surface area contributed by atoms with Crippen molar-refractivity contribution >= 4 is 11.4 Å². The summed E-state index contributed by atoms with van der Waals surface area (Å²) in [5.74, 6) is 0. The SMILES string of the molecule is C=CCN1CCN(c2ccc(C#N)cc2N)CC1. The second kappa shape index (κ2) is 5.56. The van der Waals surface area contributed by atoms with E-state index < -0.39 is 0 Å². The minimum Gasteiger partial charge on any atom is -0.397 e. The molecule has 4 nitrogen and oxygen atoms in total. The summed E-state index contributed by atoms with van der Waals surface area (Å²) in [5, 5.41) is 8.82. The van der Waals surface area contributed by atoms with Gasteiger partial charge in [0.1, 0.15) is 0 Å². The topological polar surface area (TPSA) is 56.3 Å². The molecule has 0 bridgehead atoms. The van der Waals surface area contributed by atoms with Crippen LogP contribution in [0.15, 0.2) is 30.9 Å². The molecule has 1 aliphatic rings. The van der Waals surface area contributed by atoms with E-state index in [0.29, 0.717) is 11.3 Å². The zero-order valence-corrected chi connectivity index (χ0v) is 10.5. The van der Waals surface area contributed by atoms with Gasteiger partial charge in [-0.3, -0.25) is 4.90 Å². The molecule has 0 aromatic heterocycles. The van der Waals surface area contributed by atoms with Crippen molar-refractivity contribution in [3.8, 4) is 6.07 Å². The fourth-order valence-corrected chi connectivity index (χ4v) is 2.27. The highest BCUT2D eigenvalue weighted by atomic mass is 15.3. The van der Waals surface area contributed by atoms with E-state index in [2.05, 4.69) is 22.4 Å². The molecule has 1 aliphatic heterocycles. The van der Waals surface area contributed by atoms with Crippen molar-refractivity contribution in [2.75, 3.05) is 43.4 Å². The Balaban J connectivity index is 2.06. The number of rotatable bonds is 3. The monoisotopic (exact) mass is 242 g/mol. The van der Waals surface area contributed by atoms with Gasteiger partial charge in [0.05, 0.1) is 23.0 Å². The summed E-state index contributed by atoms with van der Waals surface area (Å²) in [6.07, 6.45) is 1.94. The second-order valence-electron chi connectivity index (χ2n) is 4.46. The van der Waals surface area contributed by atoms with E-state index in [1.54, 1.807) is 6.07 Å². The predicted octanol–water partition coefficient (Wildman–Crippen LogP) is 1.45. The molecule has 1 saturated heterocycles. The fourth-order valence-electron chi connectivity index (χ4n) is 2.27. The number of benzene rings is 1. The molecule has 1 heterocycles. The lowest BCUT2D eigenvalue weighted by Gasteiger charge is -2.36. The molecule has 2 N–H and O–H groups in total. The number of anilines is 2. The molecule has 2 rings (SSSR count). The molecule has 0 aliphatic carbocycles. The third kappa shape index (κ3) is 2.63. The van der Waals surface area contributed by atoms with Gasteiger partial charge < -0.3 is 10.6 Å². The molecule has 18 heavy (non-hydrogen) atoms. The first-order chi connectivity index (χ1) is 8.74. The first-order valence-corrected chi connectivity index (χ1v) is 6.12. The van der Waals surface area contributed by atoms with Crippen LogP contribution in [0.5, 0.6) is 0 Å². The van der Waals surface area contributed by atoms with E-state index in [9.17, 15) is 0 Å². The van der Waals surface area contributed by atoms with Crippen LogP contribution in [0.2, 0.25) is 0 Å². The molecule has 0 amide bonds. The molecule has 0 atom stereocenters. The maximum Gasteiger partial charge on any atom is 0.0992 e. The summed E-state index contributed by atoms with van der Waals surface area (Å²) in [7, 11) is 0. The van der Waals surface area contributed by atoms with Gasteiger partial charge in [0.25, 0.3) is 0 Å². The Morgan fingerprint density at radius 3 is 2.61 bits per heavy atom. The Morgan fingerprint density at radius 1 is 1.33 bits per heavy atom. The van der Waals surface area contributed by atoms with Crippen molar-refractivity contribution in [1.82, 2.24) is 4.90 Å². The Morgan fingerprint density at radius 2 is 2.06 bits per heavy atom. The highest BCUT2D eigenvalue weighted by Gasteiger charge is 2.17. The summed E-state index contributed by atoms with van der Waals surface area (Å²) < 4.78 is 0. The van der Waals surface area contributed by atoms with Crippen LogP contribution < -0.4 is 10.6 Å². The van der Waals surface area contributed by atoms with Gasteiger partial charge in [0.15, 0.2) is 0 Å². The highest BCUT2D eigenvalue weighted by molar-refractivity contribution is 5.69. The average Bonchev–Trinajstić information content (AvgIpc) is 2.40. The summed E-state index contributed by atoms with van der Waals surface area (Å²) >= 11 is 0. The Labute approximate surface area is 108 Å². The van der Waals surface area contributed by atoms with Gasteiger partial charge in [-0.25, -0.2) is 0 Å². The normalized spacial score (nSPS) is 16.3.